The lowest BCUT2D eigenvalue weighted by molar-refractivity contribution is -0.116. The Kier molecular flexibility index (Phi) is 3.94. The van der Waals surface area contributed by atoms with Crippen LogP contribution >= 0.6 is 11.6 Å². The zero-order valence-corrected chi connectivity index (χ0v) is 12.4. The number of fused-ring (bicyclic) bond motifs is 1. The summed E-state index contributed by atoms with van der Waals surface area (Å²) in [5.41, 5.74) is 0.422. The highest BCUT2D eigenvalue weighted by molar-refractivity contribution is 6.30. The summed E-state index contributed by atoms with van der Waals surface area (Å²) in [6.45, 7) is -0.0455. The molecular formula is C17H13ClN2O2. The third kappa shape index (κ3) is 3.02. The van der Waals surface area contributed by atoms with Crippen LogP contribution in [0.1, 0.15) is 0 Å². The molecule has 3 rings (SSSR count). The number of rotatable bonds is 3. The topological polar surface area (TPSA) is 51.1 Å². The summed E-state index contributed by atoms with van der Waals surface area (Å²) < 4.78 is 1.39. The van der Waals surface area contributed by atoms with E-state index in [9.17, 15) is 9.59 Å². The molecule has 1 N–H and O–H groups in total. The zero-order chi connectivity index (χ0) is 15.5. The third-order valence-electron chi connectivity index (χ3n) is 3.31. The monoisotopic (exact) mass is 312 g/mol. The summed E-state index contributed by atoms with van der Waals surface area (Å²) in [4.78, 5) is 24.4. The van der Waals surface area contributed by atoms with E-state index in [1.807, 2.05) is 18.2 Å². The van der Waals surface area contributed by atoms with Gasteiger partial charge >= 0.3 is 0 Å². The molecule has 1 heterocycles. The molecule has 3 aromatic rings. The average Bonchev–Trinajstić information content (AvgIpc) is 2.50. The number of anilines is 1. The van der Waals surface area contributed by atoms with Crippen LogP contribution in [0.25, 0.3) is 10.8 Å². The highest BCUT2D eigenvalue weighted by atomic mass is 35.5. The van der Waals surface area contributed by atoms with E-state index in [1.165, 1.54) is 4.57 Å². The smallest absolute Gasteiger partial charge is 0.258 e. The summed E-state index contributed by atoms with van der Waals surface area (Å²) in [7, 11) is 0. The molecule has 0 bridgehead atoms. The molecule has 5 heteroatoms. The van der Waals surface area contributed by atoms with Gasteiger partial charge in [0.25, 0.3) is 5.56 Å². The summed E-state index contributed by atoms with van der Waals surface area (Å²) in [6.07, 6.45) is 1.63. The number of hydrogen-bond donors (Lipinski definition) is 1. The highest BCUT2D eigenvalue weighted by Gasteiger charge is 2.07. The predicted molar refractivity (Wildman–Crippen MR) is 88.3 cm³/mol. The first-order chi connectivity index (χ1) is 10.6. The summed E-state index contributed by atoms with van der Waals surface area (Å²) in [5.74, 6) is -0.278. The fraction of sp³-hybridized carbons (Fsp3) is 0.0588. The molecule has 0 aliphatic carbocycles. The van der Waals surface area contributed by atoms with Crippen LogP contribution in [0.3, 0.4) is 0 Å². The average molecular weight is 313 g/mol. The van der Waals surface area contributed by atoms with Crippen LogP contribution in [0.5, 0.6) is 0 Å². The molecule has 0 atom stereocenters. The zero-order valence-electron chi connectivity index (χ0n) is 11.6. The first-order valence-electron chi connectivity index (χ1n) is 6.77. The van der Waals surface area contributed by atoms with Gasteiger partial charge in [-0.05, 0) is 35.7 Å². The Bertz CT molecular complexity index is 902. The van der Waals surface area contributed by atoms with E-state index in [0.717, 1.165) is 5.39 Å². The Labute approximate surface area is 132 Å². The quantitative estimate of drug-likeness (QED) is 0.807. The van der Waals surface area contributed by atoms with Crippen LogP contribution in [0.4, 0.5) is 5.69 Å². The largest absolute Gasteiger partial charge is 0.324 e. The van der Waals surface area contributed by atoms with Gasteiger partial charge in [-0.25, -0.2) is 0 Å². The standard InChI is InChI=1S/C17H13ClN2O2/c18-13-5-3-6-14(10-13)19-16(21)11-20-9-8-12-4-1-2-7-15(12)17(20)22/h1-10H,11H2,(H,19,21). The van der Waals surface area contributed by atoms with Gasteiger partial charge < -0.3 is 9.88 Å². The number of benzene rings is 2. The number of amides is 1. The van der Waals surface area contributed by atoms with Crippen LogP contribution in [-0.2, 0) is 11.3 Å². The third-order valence-corrected chi connectivity index (χ3v) is 3.54. The summed E-state index contributed by atoms with van der Waals surface area (Å²) >= 11 is 5.87. The second-order valence-electron chi connectivity index (χ2n) is 4.89. The van der Waals surface area contributed by atoms with E-state index in [1.54, 1.807) is 42.6 Å². The van der Waals surface area contributed by atoms with Crippen molar-refractivity contribution in [3.05, 3.63) is 76.2 Å². The molecule has 22 heavy (non-hydrogen) atoms. The van der Waals surface area contributed by atoms with Crippen molar-refractivity contribution in [3.63, 3.8) is 0 Å². The van der Waals surface area contributed by atoms with Gasteiger partial charge in [0.15, 0.2) is 0 Å². The fourth-order valence-electron chi connectivity index (χ4n) is 2.28. The molecule has 0 saturated heterocycles. The molecule has 0 saturated carbocycles. The molecule has 0 radical (unpaired) electrons. The Morgan fingerprint density at radius 1 is 1.09 bits per heavy atom. The first kappa shape index (κ1) is 14.4. The van der Waals surface area contributed by atoms with Gasteiger partial charge in [-0.3, -0.25) is 9.59 Å². The van der Waals surface area contributed by atoms with Gasteiger partial charge in [-0.1, -0.05) is 35.9 Å². The van der Waals surface area contributed by atoms with Crippen LogP contribution < -0.4 is 10.9 Å². The van der Waals surface area contributed by atoms with E-state index < -0.39 is 0 Å². The van der Waals surface area contributed by atoms with Crippen molar-refractivity contribution in [1.82, 2.24) is 4.57 Å². The fourth-order valence-corrected chi connectivity index (χ4v) is 2.47. The van der Waals surface area contributed by atoms with Crippen molar-refractivity contribution in [2.45, 2.75) is 6.54 Å². The summed E-state index contributed by atoms with van der Waals surface area (Å²) in [5, 5.41) is 4.72. The van der Waals surface area contributed by atoms with Crippen molar-refractivity contribution in [1.29, 1.82) is 0 Å². The lowest BCUT2D eigenvalue weighted by Crippen LogP contribution is -2.27. The maximum atomic E-state index is 12.3. The Balaban J connectivity index is 1.82. The number of aromatic nitrogens is 1. The van der Waals surface area contributed by atoms with Gasteiger partial charge in [0.1, 0.15) is 6.54 Å². The highest BCUT2D eigenvalue weighted by Crippen LogP contribution is 2.15. The number of hydrogen-bond acceptors (Lipinski definition) is 2. The molecule has 1 amide bonds. The Morgan fingerprint density at radius 3 is 2.73 bits per heavy atom. The second-order valence-corrected chi connectivity index (χ2v) is 5.33. The Hall–Kier alpha value is -2.59. The van der Waals surface area contributed by atoms with E-state index in [2.05, 4.69) is 5.32 Å². The minimum Gasteiger partial charge on any atom is -0.324 e. The molecule has 0 unspecified atom stereocenters. The molecule has 0 aliphatic rings. The molecule has 0 aliphatic heterocycles. The number of nitrogens with one attached hydrogen (secondary N) is 1. The van der Waals surface area contributed by atoms with Gasteiger partial charge in [0.05, 0.1) is 0 Å². The number of nitrogens with zero attached hydrogens (tertiary/aromatic N) is 1. The summed E-state index contributed by atoms with van der Waals surface area (Å²) in [6, 6.07) is 16.0. The van der Waals surface area contributed by atoms with Crippen molar-refractivity contribution < 1.29 is 4.79 Å². The lowest BCUT2D eigenvalue weighted by Gasteiger charge is -2.08. The van der Waals surface area contributed by atoms with Crippen molar-refractivity contribution in [2.75, 3.05) is 5.32 Å². The normalized spacial score (nSPS) is 10.6. The van der Waals surface area contributed by atoms with E-state index in [-0.39, 0.29) is 18.0 Å². The molecule has 2 aromatic carbocycles. The molecular weight excluding hydrogens is 300 g/mol. The number of halogens is 1. The van der Waals surface area contributed by atoms with E-state index in [4.69, 9.17) is 11.6 Å². The maximum absolute atomic E-state index is 12.3. The van der Waals surface area contributed by atoms with Crippen molar-refractivity contribution >= 4 is 34.0 Å². The number of carbonyl (C=O) groups excluding carboxylic acids is 1. The van der Waals surface area contributed by atoms with E-state index >= 15 is 0 Å². The van der Waals surface area contributed by atoms with Gasteiger partial charge in [0.2, 0.25) is 5.91 Å². The predicted octanol–water partition coefficient (Wildman–Crippen LogP) is 3.29. The Morgan fingerprint density at radius 2 is 1.91 bits per heavy atom. The minimum absolute atomic E-state index is 0.0455. The van der Waals surface area contributed by atoms with Crippen LogP contribution in [0, 0.1) is 0 Å². The maximum Gasteiger partial charge on any atom is 0.258 e. The van der Waals surface area contributed by atoms with Crippen LogP contribution in [-0.4, -0.2) is 10.5 Å². The van der Waals surface area contributed by atoms with Crippen LogP contribution in [0.2, 0.25) is 5.02 Å². The first-order valence-corrected chi connectivity index (χ1v) is 7.15. The van der Waals surface area contributed by atoms with Crippen LogP contribution in [0.15, 0.2) is 65.6 Å². The lowest BCUT2D eigenvalue weighted by atomic mass is 10.2. The molecule has 0 spiro atoms. The molecule has 0 fully saturated rings. The molecule has 4 nitrogen and oxygen atoms in total. The SMILES string of the molecule is O=C(Cn1ccc2ccccc2c1=O)Nc1cccc(Cl)c1. The molecule has 110 valence electrons. The van der Waals surface area contributed by atoms with Gasteiger partial charge in [0, 0.05) is 22.3 Å². The minimum atomic E-state index is -0.278. The van der Waals surface area contributed by atoms with Gasteiger partial charge in [-0.15, -0.1) is 0 Å². The molecule has 1 aromatic heterocycles. The number of pyridine rings is 1. The van der Waals surface area contributed by atoms with Crippen molar-refractivity contribution in [3.8, 4) is 0 Å². The van der Waals surface area contributed by atoms with E-state index in [0.29, 0.717) is 16.1 Å². The van der Waals surface area contributed by atoms with Crippen molar-refractivity contribution in [2.24, 2.45) is 0 Å². The number of carbonyl (C=O) groups is 1. The van der Waals surface area contributed by atoms with Gasteiger partial charge in [-0.2, -0.15) is 0 Å². The second kappa shape index (κ2) is 6.03.